The number of esters is 1. The first-order chi connectivity index (χ1) is 11.0. The lowest BCUT2D eigenvalue weighted by atomic mass is 9.50. The standard InChI is InChI=1S/C20H32O3/c1-12(21)23-19-8-7-18-17-5-3-13-11-14(22)4-6-15(13)16(17)9-10-20(18,19)2/h13-19,22H,3-11H2,1-2H3/t13-,14-,15+,16?,17?,18?,19-,20-/m0/s1. The van der Waals surface area contributed by atoms with E-state index in [2.05, 4.69) is 6.92 Å². The molecule has 3 nitrogen and oxygen atoms in total. The van der Waals surface area contributed by atoms with Gasteiger partial charge in [-0.05, 0) is 87.4 Å². The van der Waals surface area contributed by atoms with Crippen molar-refractivity contribution in [3.8, 4) is 0 Å². The number of ether oxygens (including phenoxy) is 1. The zero-order valence-corrected chi connectivity index (χ0v) is 14.7. The number of aliphatic hydroxyl groups is 1. The van der Waals surface area contributed by atoms with E-state index in [0.717, 1.165) is 48.9 Å². The molecule has 3 unspecified atom stereocenters. The molecule has 4 rings (SSSR count). The van der Waals surface area contributed by atoms with Crippen LogP contribution in [-0.4, -0.2) is 23.3 Å². The van der Waals surface area contributed by atoms with E-state index in [1.807, 2.05) is 0 Å². The highest BCUT2D eigenvalue weighted by molar-refractivity contribution is 5.66. The van der Waals surface area contributed by atoms with Gasteiger partial charge in [-0.25, -0.2) is 0 Å². The van der Waals surface area contributed by atoms with Crippen molar-refractivity contribution in [3.05, 3.63) is 0 Å². The Morgan fingerprint density at radius 2 is 1.78 bits per heavy atom. The van der Waals surface area contributed by atoms with Crippen molar-refractivity contribution in [1.82, 2.24) is 0 Å². The van der Waals surface area contributed by atoms with E-state index < -0.39 is 0 Å². The van der Waals surface area contributed by atoms with E-state index in [0.29, 0.717) is 0 Å². The van der Waals surface area contributed by atoms with Crippen LogP contribution >= 0.6 is 0 Å². The molecule has 0 aromatic heterocycles. The van der Waals surface area contributed by atoms with Gasteiger partial charge in [0.05, 0.1) is 6.10 Å². The smallest absolute Gasteiger partial charge is 0.302 e. The molecular formula is C20H32O3. The van der Waals surface area contributed by atoms with Crippen molar-refractivity contribution in [1.29, 1.82) is 0 Å². The Kier molecular flexibility index (Phi) is 3.98. The minimum atomic E-state index is -0.107. The molecule has 0 amide bonds. The van der Waals surface area contributed by atoms with Crippen LogP contribution in [0.2, 0.25) is 0 Å². The first-order valence-electron chi connectivity index (χ1n) is 9.84. The molecule has 4 fully saturated rings. The normalized spacial score (nSPS) is 52.2. The third kappa shape index (κ3) is 2.54. The average Bonchev–Trinajstić information content (AvgIpc) is 2.83. The van der Waals surface area contributed by atoms with Gasteiger partial charge >= 0.3 is 5.97 Å². The first kappa shape index (κ1) is 15.9. The second kappa shape index (κ2) is 5.75. The van der Waals surface area contributed by atoms with Crippen LogP contribution in [0.4, 0.5) is 0 Å². The number of rotatable bonds is 1. The molecular weight excluding hydrogens is 288 g/mol. The van der Waals surface area contributed by atoms with Crippen molar-refractivity contribution in [2.24, 2.45) is 35.0 Å². The maximum Gasteiger partial charge on any atom is 0.302 e. The van der Waals surface area contributed by atoms with E-state index >= 15 is 0 Å². The second-order valence-electron chi connectivity index (χ2n) is 9.12. The van der Waals surface area contributed by atoms with Crippen LogP contribution in [-0.2, 0) is 9.53 Å². The zero-order chi connectivity index (χ0) is 16.2. The van der Waals surface area contributed by atoms with Gasteiger partial charge in [-0.3, -0.25) is 4.79 Å². The molecule has 4 aliphatic rings. The van der Waals surface area contributed by atoms with E-state index in [1.54, 1.807) is 6.92 Å². The molecule has 0 heterocycles. The SMILES string of the molecule is CC(=O)O[C@H]1CCC2C3CC[C@H]4C[C@@H](O)CC[C@H]4C3CC[C@@]21C. The first-order valence-corrected chi connectivity index (χ1v) is 9.84. The Hall–Kier alpha value is -0.570. The molecule has 0 saturated heterocycles. The quantitative estimate of drug-likeness (QED) is 0.745. The van der Waals surface area contributed by atoms with Gasteiger partial charge in [0.25, 0.3) is 0 Å². The van der Waals surface area contributed by atoms with Gasteiger partial charge in [0, 0.05) is 12.3 Å². The number of aliphatic hydroxyl groups excluding tert-OH is 1. The summed E-state index contributed by atoms with van der Waals surface area (Å²) in [5.74, 6) is 3.98. The molecule has 4 aliphatic carbocycles. The summed E-state index contributed by atoms with van der Waals surface area (Å²) in [4.78, 5) is 11.5. The summed E-state index contributed by atoms with van der Waals surface area (Å²) in [6.07, 6.45) is 10.9. The summed E-state index contributed by atoms with van der Waals surface area (Å²) in [6, 6.07) is 0. The molecule has 130 valence electrons. The third-order valence-electron chi connectivity index (χ3n) is 8.15. The summed E-state index contributed by atoms with van der Waals surface area (Å²) in [5.41, 5.74) is 0.216. The van der Waals surface area contributed by atoms with Crippen molar-refractivity contribution in [2.75, 3.05) is 0 Å². The monoisotopic (exact) mass is 320 g/mol. The number of carbonyl (C=O) groups excluding carboxylic acids is 1. The van der Waals surface area contributed by atoms with E-state index in [-0.39, 0.29) is 23.6 Å². The van der Waals surface area contributed by atoms with Crippen LogP contribution in [0.15, 0.2) is 0 Å². The van der Waals surface area contributed by atoms with E-state index in [9.17, 15) is 9.90 Å². The fraction of sp³-hybridized carbons (Fsp3) is 0.950. The molecule has 8 atom stereocenters. The summed E-state index contributed by atoms with van der Waals surface area (Å²) in [5, 5.41) is 10.0. The van der Waals surface area contributed by atoms with Crippen molar-refractivity contribution in [3.63, 3.8) is 0 Å². The van der Waals surface area contributed by atoms with Crippen LogP contribution in [0.5, 0.6) is 0 Å². The van der Waals surface area contributed by atoms with Crippen molar-refractivity contribution in [2.45, 2.75) is 83.8 Å². The Balaban J connectivity index is 1.52. The van der Waals surface area contributed by atoms with E-state index in [1.165, 1.54) is 38.5 Å². The Labute approximate surface area is 140 Å². The zero-order valence-electron chi connectivity index (χ0n) is 14.7. The molecule has 0 radical (unpaired) electrons. The van der Waals surface area contributed by atoms with Crippen LogP contribution in [0.1, 0.15) is 71.6 Å². The summed E-state index contributed by atoms with van der Waals surface area (Å²) in [7, 11) is 0. The van der Waals surface area contributed by atoms with Gasteiger partial charge in [0.15, 0.2) is 0 Å². The van der Waals surface area contributed by atoms with Crippen LogP contribution in [0.25, 0.3) is 0 Å². The summed E-state index contributed by atoms with van der Waals surface area (Å²) < 4.78 is 5.71. The fourth-order valence-corrected chi connectivity index (χ4v) is 7.17. The summed E-state index contributed by atoms with van der Waals surface area (Å²) >= 11 is 0. The van der Waals surface area contributed by atoms with Crippen LogP contribution < -0.4 is 0 Å². The molecule has 0 bridgehead atoms. The van der Waals surface area contributed by atoms with Gasteiger partial charge in [0.2, 0.25) is 0 Å². The molecule has 23 heavy (non-hydrogen) atoms. The Bertz CT molecular complexity index is 476. The molecule has 0 spiro atoms. The Morgan fingerprint density at radius 3 is 2.57 bits per heavy atom. The maximum absolute atomic E-state index is 11.5. The lowest BCUT2D eigenvalue weighted by molar-refractivity contribution is -0.157. The Morgan fingerprint density at radius 1 is 1.00 bits per heavy atom. The highest BCUT2D eigenvalue weighted by atomic mass is 16.5. The average molecular weight is 320 g/mol. The van der Waals surface area contributed by atoms with Crippen molar-refractivity contribution < 1.29 is 14.6 Å². The molecule has 0 aliphatic heterocycles. The molecule has 4 saturated carbocycles. The van der Waals surface area contributed by atoms with Crippen LogP contribution in [0, 0.1) is 35.0 Å². The molecule has 3 heteroatoms. The fourth-order valence-electron chi connectivity index (χ4n) is 7.17. The largest absolute Gasteiger partial charge is 0.462 e. The lowest BCUT2D eigenvalue weighted by Crippen LogP contribution is -2.50. The minimum Gasteiger partial charge on any atom is -0.462 e. The lowest BCUT2D eigenvalue weighted by Gasteiger charge is -2.55. The van der Waals surface area contributed by atoms with Gasteiger partial charge in [-0.15, -0.1) is 0 Å². The number of fused-ring (bicyclic) bond motifs is 5. The van der Waals surface area contributed by atoms with Gasteiger partial charge in [-0.2, -0.15) is 0 Å². The van der Waals surface area contributed by atoms with Gasteiger partial charge in [0.1, 0.15) is 6.10 Å². The second-order valence-corrected chi connectivity index (χ2v) is 9.12. The van der Waals surface area contributed by atoms with Crippen molar-refractivity contribution >= 4 is 5.97 Å². The van der Waals surface area contributed by atoms with Gasteiger partial charge < -0.3 is 9.84 Å². The van der Waals surface area contributed by atoms with Gasteiger partial charge in [-0.1, -0.05) is 6.92 Å². The minimum absolute atomic E-state index is 0.0403. The molecule has 0 aromatic rings. The maximum atomic E-state index is 11.5. The molecule has 0 aromatic carbocycles. The van der Waals surface area contributed by atoms with Crippen LogP contribution in [0.3, 0.4) is 0 Å². The number of hydrogen-bond acceptors (Lipinski definition) is 3. The predicted molar refractivity (Wildman–Crippen MR) is 88.7 cm³/mol. The highest BCUT2D eigenvalue weighted by Gasteiger charge is 2.58. The summed E-state index contributed by atoms with van der Waals surface area (Å²) in [6.45, 7) is 3.95. The van der Waals surface area contributed by atoms with E-state index in [4.69, 9.17) is 4.74 Å². The predicted octanol–water partition coefficient (Wildman–Crippen LogP) is 3.93. The number of hydrogen-bond donors (Lipinski definition) is 1. The molecule has 1 N–H and O–H groups in total. The topological polar surface area (TPSA) is 46.5 Å². The third-order valence-corrected chi connectivity index (χ3v) is 8.15. The highest BCUT2D eigenvalue weighted by Crippen LogP contribution is 2.62. The number of carbonyl (C=O) groups is 1.